The number of nitrogens with one attached hydrogen (secondary N) is 2. The van der Waals surface area contributed by atoms with E-state index >= 15 is 0 Å². The number of rotatable bonds is 4. The van der Waals surface area contributed by atoms with Gasteiger partial charge in [0, 0.05) is 18.5 Å². The summed E-state index contributed by atoms with van der Waals surface area (Å²) in [5.74, 6) is 2.98. The van der Waals surface area contributed by atoms with E-state index in [1.807, 2.05) is 7.05 Å². The van der Waals surface area contributed by atoms with Gasteiger partial charge >= 0.3 is 0 Å². The summed E-state index contributed by atoms with van der Waals surface area (Å²) < 4.78 is 0. The third kappa shape index (κ3) is 2.67. The highest BCUT2D eigenvalue weighted by atomic mass is 35.5. The topological polar surface area (TPSA) is 41.1 Å². The fourth-order valence-electron chi connectivity index (χ4n) is 4.86. The van der Waals surface area contributed by atoms with E-state index in [4.69, 9.17) is 0 Å². The van der Waals surface area contributed by atoms with Crippen molar-refractivity contribution in [2.45, 2.75) is 50.5 Å². The maximum atomic E-state index is 11.9. The van der Waals surface area contributed by atoms with Gasteiger partial charge in [0.25, 0.3) is 0 Å². The molecule has 104 valence electrons. The first-order chi connectivity index (χ1) is 8.19. The molecule has 4 rings (SSSR count). The van der Waals surface area contributed by atoms with Crippen LogP contribution in [0.25, 0.3) is 0 Å². The van der Waals surface area contributed by atoms with Gasteiger partial charge in [-0.25, -0.2) is 0 Å². The smallest absolute Gasteiger partial charge is 0.221 e. The van der Waals surface area contributed by atoms with E-state index in [9.17, 15) is 4.79 Å². The Morgan fingerprint density at radius 3 is 2.06 bits per heavy atom. The molecule has 18 heavy (non-hydrogen) atoms. The number of carbonyl (C=O) groups is 1. The molecular weight excluding hydrogens is 248 g/mol. The molecule has 1 amide bonds. The zero-order valence-electron chi connectivity index (χ0n) is 11.2. The van der Waals surface area contributed by atoms with E-state index in [0.29, 0.717) is 6.42 Å². The van der Waals surface area contributed by atoms with Crippen molar-refractivity contribution in [1.82, 2.24) is 10.6 Å². The van der Waals surface area contributed by atoms with Gasteiger partial charge < -0.3 is 10.6 Å². The van der Waals surface area contributed by atoms with E-state index < -0.39 is 0 Å². The predicted molar refractivity (Wildman–Crippen MR) is 74.8 cm³/mol. The Bertz CT molecular complexity index is 284. The number of amides is 1. The minimum Gasteiger partial charge on any atom is -0.351 e. The summed E-state index contributed by atoms with van der Waals surface area (Å²) in [6.45, 7) is 0.790. The minimum atomic E-state index is 0. The van der Waals surface area contributed by atoms with Crippen molar-refractivity contribution in [1.29, 1.82) is 0 Å². The van der Waals surface area contributed by atoms with Crippen LogP contribution >= 0.6 is 12.4 Å². The molecule has 0 unspecified atom stereocenters. The first-order valence-corrected chi connectivity index (χ1v) is 7.15. The number of hydrogen-bond acceptors (Lipinski definition) is 2. The van der Waals surface area contributed by atoms with Crippen molar-refractivity contribution in [3.8, 4) is 0 Å². The van der Waals surface area contributed by atoms with Gasteiger partial charge in [-0.15, -0.1) is 12.4 Å². The molecule has 0 heterocycles. The second-order valence-corrected chi connectivity index (χ2v) is 6.60. The highest BCUT2D eigenvalue weighted by Gasteiger charge is 2.51. The lowest BCUT2D eigenvalue weighted by molar-refractivity contribution is -0.126. The first-order valence-electron chi connectivity index (χ1n) is 7.15. The second kappa shape index (κ2) is 5.38. The van der Waals surface area contributed by atoms with Gasteiger partial charge in [-0.1, -0.05) is 0 Å². The van der Waals surface area contributed by atoms with Crippen LogP contribution in [0.2, 0.25) is 0 Å². The predicted octanol–water partition coefficient (Wildman–Crippen LogP) is 2.10. The lowest BCUT2D eigenvalue weighted by Gasteiger charge is -2.56. The van der Waals surface area contributed by atoms with Crippen LogP contribution in [0.5, 0.6) is 0 Å². The number of hydrogen-bond donors (Lipinski definition) is 2. The van der Waals surface area contributed by atoms with E-state index in [1.165, 1.54) is 38.5 Å². The normalized spacial score (nSPS) is 40.4. The Labute approximate surface area is 116 Å². The molecule has 0 atom stereocenters. The molecule has 0 aliphatic heterocycles. The largest absolute Gasteiger partial charge is 0.351 e. The lowest BCUT2D eigenvalue weighted by atomic mass is 9.53. The van der Waals surface area contributed by atoms with Crippen LogP contribution < -0.4 is 10.6 Å². The molecule has 3 nitrogen and oxygen atoms in total. The van der Waals surface area contributed by atoms with E-state index in [1.54, 1.807) is 0 Å². The molecule has 0 saturated heterocycles. The molecule has 4 bridgehead atoms. The average molecular weight is 273 g/mol. The molecule has 4 aliphatic carbocycles. The molecule has 0 aromatic carbocycles. The zero-order chi connectivity index (χ0) is 11.9. The van der Waals surface area contributed by atoms with Gasteiger partial charge in [0.1, 0.15) is 0 Å². The van der Waals surface area contributed by atoms with Crippen LogP contribution in [0.1, 0.15) is 44.9 Å². The SMILES string of the molecule is CNCCC(=O)NC12CC3CC(CC(C3)C1)C2.Cl. The van der Waals surface area contributed by atoms with Crippen LogP contribution in [0.4, 0.5) is 0 Å². The van der Waals surface area contributed by atoms with Crippen molar-refractivity contribution in [2.75, 3.05) is 13.6 Å². The molecule has 0 radical (unpaired) electrons. The summed E-state index contributed by atoms with van der Waals surface area (Å²) in [5, 5.41) is 6.43. The first kappa shape index (κ1) is 14.1. The van der Waals surface area contributed by atoms with Gasteiger partial charge in [-0.05, 0) is 63.3 Å². The summed E-state index contributed by atoms with van der Waals surface area (Å²) in [6.07, 6.45) is 8.69. The standard InChI is InChI=1S/C14H24N2O.ClH/c1-15-3-2-13(17)16-14-7-10-4-11(8-14)6-12(5-10)9-14;/h10-12,15H,2-9H2,1H3,(H,16,17);1H. The summed E-state index contributed by atoms with van der Waals surface area (Å²) in [6, 6.07) is 0. The Morgan fingerprint density at radius 1 is 1.11 bits per heavy atom. The molecule has 0 spiro atoms. The fraction of sp³-hybridized carbons (Fsp3) is 0.929. The summed E-state index contributed by atoms with van der Waals surface area (Å²) >= 11 is 0. The average Bonchev–Trinajstić information content (AvgIpc) is 2.23. The summed E-state index contributed by atoms with van der Waals surface area (Å²) in [5.41, 5.74) is 0.194. The van der Waals surface area contributed by atoms with E-state index in [-0.39, 0.29) is 23.9 Å². The molecular formula is C14H25ClN2O. The number of halogens is 1. The number of carbonyl (C=O) groups excluding carboxylic acids is 1. The second-order valence-electron chi connectivity index (χ2n) is 6.60. The molecule has 2 N–H and O–H groups in total. The van der Waals surface area contributed by atoms with Crippen LogP contribution in [-0.4, -0.2) is 25.0 Å². The maximum Gasteiger partial charge on any atom is 0.221 e. The van der Waals surface area contributed by atoms with Crippen molar-refractivity contribution in [2.24, 2.45) is 17.8 Å². The zero-order valence-corrected chi connectivity index (χ0v) is 12.0. The third-order valence-electron chi connectivity index (χ3n) is 5.04. The van der Waals surface area contributed by atoms with Gasteiger partial charge in [0.15, 0.2) is 0 Å². The Hall–Kier alpha value is -0.280. The van der Waals surface area contributed by atoms with Gasteiger partial charge in [-0.3, -0.25) is 4.79 Å². The van der Waals surface area contributed by atoms with Crippen molar-refractivity contribution in [3.05, 3.63) is 0 Å². The van der Waals surface area contributed by atoms with Crippen molar-refractivity contribution in [3.63, 3.8) is 0 Å². The van der Waals surface area contributed by atoms with E-state index in [0.717, 1.165) is 24.3 Å². The molecule has 4 aliphatic rings. The molecule has 4 heteroatoms. The third-order valence-corrected chi connectivity index (χ3v) is 5.04. The molecule has 0 aromatic heterocycles. The van der Waals surface area contributed by atoms with Gasteiger partial charge in [0.05, 0.1) is 0 Å². The lowest BCUT2D eigenvalue weighted by Crippen LogP contribution is -2.60. The highest BCUT2D eigenvalue weighted by Crippen LogP contribution is 2.55. The summed E-state index contributed by atoms with van der Waals surface area (Å²) in [7, 11) is 1.90. The Balaban J connectivity index is 0.00000120. The van der Waals surface area contributed by atoms with Crippen LogP contribution in [-0.2, 0) is 4.79 Å². The highest BCUT2D eigenvalue weighted by molar-refractivity contribution is 5.85. The van der Waals surface area contributed by atoms with Crippen LogP contribution in [0, 0.1) is 17.8 Å². The quantitative estimate of drug-likeness (QED) is 0.823. The van der Waals surface area contributed by atoms with Crippen LogP contribution in [0.3, 0.4) is 0 Å². The van der Waals surface area contributed by atoms with E-state index in [2.05, 4.69) is 10.6 Å². The van der Waals surface area contributed by atoms with Gasteiger partial charge in [0.2, 0.25) is 5.91 Å². The Kier molecular flexibility index (Phi) is 4.22. The Morgan fingerprint density at radius 2 is 1.61 bits per heavy atom. The summed E-state index contributed by atoms with van der Waals surface area (Å²) in [4.78, 5) is 11.9. The van der Waals surface area contributed by atoms with Crippen molar-refractivity contribution >= 4 is 18.3 Å². The molecule has 0 aromatic rings. The minimum absolute atomic E-state index is 0. The maximum absolute atomic E-state index is 11.9. The molecule has 4 saturated carbocycles. The van der Waals surface area contributed by atoms with Gasteiger partial charge in [-0.2, -0.15) is 0 Å². The fourth-order valence-corrected chi connectivity index (χ4v) is 4.86. The molecule has 4 fully saturated rings. The van der Waals surface area contributed by atoms with Crippen molar-refractivity contribution < 1.29 is 4.79 Å². The van der Waals surface area contributed by atoms with Crippen LogP contribution in [0.15, 0.2) is 0 Å². The monoisotopic (exact) mass is 272 g/mol.